The molecule has 1 saturated heterocycles. The lowest BCUT2D eigenvalue weighted by atomic mass is 10.3. The zero-order valence-electron chi connectivity index (χ0n) is 13.0. The Morgan fingerprint density at radius 2 is 1.95 bits per heavy atom. The molecule has 1 aliphatic rings. The van der Waals surface area contributed by atoms with Crippen LogP contribution in [-0.4, -0.2) is 57.1 Å². The van der Waals surface area contributed by atoms with Crippen molar-refractivity contribution < 1.29 is 19.0 Å². The van der Waals surface area contributed by atoms with E-state index in [9.17, 15) is 4.79 Å². The standard InChI is InChI=1S/C16H24N2O4/c1-2-10-21-15-5-3-14(4-6-15)17-16(19)22-13-9-18-7-11-20-12-8-18/h3-6H,2,7-13H2,1H3,(H,17,19). The fourth-order valence-electron chi connectivity index (χ4n) is 2.10. The second-order valence-electron chi connectivity index (χ2n) is 5.09. The van der Waals surface area contributed by atoms with Crippen LogP contribution in [0.4, 0.5) is 10.5 Å². The predicted molar refractivity (Wildman–Crippen MR) is 84.5 cm³/mol. The average molecular weight is 308 g/mol. The largest absolute Gasteiger partial charge is 0.494 e. The molecule has 0 unspecified atom stereocenters. The highest BCUT2D eigenvalue weighted by Crippen LogP contribution is 2.16. The highest BCUT2D eigenvalue weighted by atomic mass is 16.5. The molecular formula is C16H24N2O4. The van der Waals surface area contributed by atoms with Crippen molar-refractivity contribution in [3.05, 3.63) is 24.3 Å². The number of morpholine rings is 1. The number of rotatable bonds is 7. The molecule has 1 N–H and O–H groups in total. The summed E-state index contributed by atoms with van der Waals surface area (Å²) in [4.78, 5) is 13.9. The van der Waals surface area contributed by atoms with Gasteiger partial charge in [-0.25, -0.2) is 4.79 Å². The fraction of sp³-hybridized carbons (Fsp3) is 0.562. The molecule has 6 nitrogen and oxygen atoms in total. The molecule has 6 heteroatoms. The second-order valence-corrected chi connectivity index (χ2v) is 5.09. The number of anilines is 1. The van der Waals surface area contributed by atoms with E-state index in [0.29, 0.717) is 18.9 Å². The summed E-state index contributed by atoms with van der Waals surface area (Å²) in [5.41, 5.74) is 0.695. The van der Waals surface area contributed by atoms with Gasteiger partial charge in [0.2, 0.25) is 0 Å². The zero-order valence-corrected chi connectivity index (χ0v) is 13.0. The lowest BCUT2D eigenvalue weighted by Crippen LogP contribution is -2.38. The van der Waals surface area contributed by atoms with Crippen LogP contribution in [0.3, 0.4) is 0 Å². The maximum atomic E-state index is 11.7. The van der Waals surface area contributed by atoms with Crippen LogP contribution < -0.4 is 10.1 Å². The third-order valence-electron chi connectivity index (χ3n) is 3.32. The van der Waals surface area contributed by atoms with Crippen LogP contribution in [0.15, 0.2) is 24.3 Å². The topological polar surface area (TPSA) is 60.0 Å². The van der Waals surface area contributed by atoms with Gasteiger partial charge >= 0.3 is 6.09 Å². The van der Waals surface area contributed by atoms with Gasteiger partial charge in [0.1, 0.15) is 12.4 Å². The molecule has 1 aromatic carbocycles. The van der Waals surface area contributed by atoms with E-state index in [-0.39, 0.29) is 0 Å². The number of carbonyl (C=O) groups is 1. The summed E-state index contributed by atoms with van der Waals surface area (Å²) in [6.45, 7) is 7.15. The Morgan fingerprint density at radius 1 is 1.23 bits per heavy atom. The molecule has 1 heterocycles. The minimum atomic E-state index is -0.435. The van der Waals surface area contributed by atoms with Crippen molar-refractivity contribution in [2.45, 2.75) is 13.3 Å². The molecule has 0 saturated carbocycles. The van der Waals surface area contributed by atoms with Crippen molar-refractivity contribution >= 4 is 11.8 Å². The van der Waals surface area contributed by atoms with Gasteiger partial charge < -0.3 is 14.2 Å². The Labute approximate surface area is 131 Å². The summed E-state index contributed by atoms with van der Waals surface area (Å²) in [5, 5.41) is 2.70. The number of nitrogens with one attached hydrogen (secondary N) is 1. The van der Waals surface area contributed by atoms with Crippen molar-refractivity contribution in [1.29, 1.82) is 0 Å². The first kappa shape index (κ1) is 16.6. The molecular weight excluding hydrogens is 284 g/mol. The third kappa shape index (κ3) is 5.91. The molecule has 0 aromatic heterocycles. The molecule has 0 aliphatic carbocycles. The molecule has 2 rings (SSSR count). The number of amides is 1. The van der Waals surface area contributed by atoms with E-state index in [1.807, 2.05) is 12.1 Å². The van der Waals surface area contributed by atoms with E-state index in [4.69, 9.17) is 14.2 Å². The highest BCUT2D eigenvalue weighted by Gasteiger charge is 2.11. The Hall–Kier alpha value is -1.79. The quantitative estimate of drug-likeness (QED) is 0.838. The Bertz CT molecular complexity index is 444. The maximum absolute atomic E-state index is 11.7. The minimum Gasteiger partial charge on any atom is -0.494 e. The molecule has 0 radical (unpaired) electrons. The lowest BCUT2D eigenvalue weighted by Gasteiger charge is -2.26. The number of carbonyl (C=O) groups excluding carboxylic acids is 1. The van der Waals surface area contributed by atoms with E-state index < -0.39 is 6.09 Å². The first-order valence-electron chi connectivity index (χ1n) is 7.74. The van der Waals surface area contributed by atoms with Crippen LogP contribution in [0.25, 0.3) is 0 Å². The van der Waals surface area contributed by atoms with Crippen molar-refractivity contribution in [2.75, 3.05) is 51.4 Å². The van der Waals surface area contributed by atoms with Crippen molar-refractivity contribution in [3.63, 3.8) is 0 Å². The SMILES string of the molecule is CCCOc1ccc(NC(=O)OCCN2CCOCC2)cc1. The highest BCUT2D eigenvalue weighted by molar-refractivity contribution is 5.84. The molecule has 22 heavy (non-hydrogen) atoms. The fourth-order valence-corrected chi connectivity index (χ4v) is 2.10. The van der Waals surface area contributed by atoms with Gasteiger partial charge in [0.15, 0.2) is 0 Å². The summed E-state index contributed by atoms with van der Waals surface area (Å²) >= 11 is 0. The number of ether oxygens (including phenoxy) is 3. The molecule has 1 amide bonds. The van der Waals surface area contributed by atoms with E-state index >= 15 is 0 Å². The van der Waals surface area contributed by atoms with Crippen molar-refractivity contribution in [1.82, 2.24) is 4.90 Å². The van der Waals surface area contributed by atoms with E-state index in [2.05, 4.69) is 17.1 Å². The van der Waals surface area contributed by atoms with E-state index in [1.54, 1.807) is 12.1 Å². The van der Waals surface area contributed by atoms with E-state index in [0.717, 1.165) is 45.0 Å². The summed E-state index contributed by atoms with van der Waals surface area (Å²) < 4.78 is 15.9. The second kappa shape index (κ2) is 9.27. The Morgan fingerprint density at radius 3 is 2.64 bits per heavy atom. The Balaban J connectivity index is 1.65. The van der Waals surface area contributed by atoms with Crippen molar-refractivity contribution in [3.8, 4) is 5.75 Å². The van der Waals surface area contributed by atoms with Gasteiger partial charge in [0.05, 0.1) is 19.8 Å². The monoisotopic (exact) mass is 308 g/mol. The number of nitrogens with zero attached hydrogens (tertiary/aromatic N) is 1. The molecule has 0 bridgehead atoms. The first-order chi connectivity index (χ1) is 10.8. The van der Waals surface area contributed by atoms with Crippen LogP contribution in [-0.2, 0) is 9.47 Å². The van der Waals surface area contributed by atoms with Crippen molar-refractivity contribution in [2.24, 2.45) is 0 Å². The van der Waals surface area contributed by atoms with E-state index in [1.165, 1.54) is 0 Å². The molecule has 0 spiro atoms. The van der Waals surface area contributed by atoms with Gasteiger partial charge in [-0.2, -0.15) is 0 Å². The van der Waals surface area contributed by atoms with Gasteiger partial charge in [-0.3, -0.25) is 10.2 Å². The van der Waals surface area contributed by atoms with Crippen LogP contribution in [0.5, 0.6) is 5.75 Å². The maximum Gasteiger partial charge on any atom is 0.411 e. The average Bonchev–Trinajstić information content (AvgIpc) is 2.55. The number of hydrogen-bond donors (Lipinski definition) is 1. The summed E-state index contributed by atoms with van der Waals surface area (Å²) in [5.74, 6) is 0.799. The predicted octanol–water partition coefficient (Wildman–Crippen LogP) is 2.36. The third-order valence-corrected chi connectivity index (χ3v) is 3.32. The molecule has 122 valence electrons. The first-order valence-corrected chi connectivity index (χ1v) is 7.74. The summed E-state index contributed by atoms with van der Waals surface area (Å²) in [6, 6.07) is 7.26. The molecule has 0 atom stereocenters. The zero-order chi connectivity index (χ0) is 15.6. The van der Waals surface area contributed by atoms with Gasteiger partial charge in [0, 0.05) is 25.3 Å². The van der Waals surface area contributed by atoms with Crippen LogP contribution in [0, 0.1) is 0 Å². The summed E-state index contributed by atoms with van der Waals surface area (Å²) in [6.07, 6.45) is 0.533. The smallest absolute Gasteiger partial charge is 0.411 e. The number of benzene rings is 1. The lowest BCUT2D eigenvalue weighted by molar-refractivity contribution is 0.0290. The van der Waals surface area contributed by atoms with Crippen LogP contribution in [0.1, 0.15) is 13.3 Å². The van der Waals surface area contributed by atoms with Crippen LogP contribution in [0.2, 0.25) is 0 Å². The minimum absolute atomic E-state index is 0.379. The normalized spacial score (nSPS) is 15.3. The van der Waals surface area contributed by atoms with Crippen LogP contribution >= 0.6 is 0 Å². The van der Waals surface area contributed by atoms with Gasteiger partial charge in [-0.15, -0.1) is 0 Å². The van der Waals surface area contributed by atoms with Gasteiger partial charge in [-0.1, -0.05) is 6.92 Å². The molecule has 1 aromatic rings. The number of hydrogen-bond acceptors (Lipinski definition) is 5. The van der Waals surface area contributed by atoms with Gasteiger partial charge in [0.25, 0.3) is 0 Å². The molecule has 1 fully saturated rings. The molecule has 1 aliphatic heterocycles. The van der Waals surface area contributed by atoms with Gasteiger partial charge in [-0.05, 0) is 30.7 Å². The summed E-state index contributed by atoms with van der Waals surface area (Å²) in [7, 11) is 0. The Kier molecular flexibility index (Phi) is 6.99.